The van der Waals surface area contributed by atoms with E-state index < -0.39 is 12.0 Å². The maximum Gasteiger partial charge on any atom is 0.328 e. The Morgan fingerprint density at radius 2 is 2.06 bits per heavy atom. The highest BCUT2D eigenvalue weighted by Gasteiger charge is 2.19. The molecule has 1 atom stereocenters. The van der Waals surface area contributed by atoms with Gasteiger partial charge in [0.25, 0.3) is 5.91 Å². The van der Waals surface area contributed by atoms with E-state index in [1.807, 2.05) is 0 Å². The third-order valence-electron chi connectivity index (χ3n) is 2.54. The van der Waals surface area contributed by atoms with Crippen molar-refractivity contribution < 1.29 is 23.8 Å². The van der Waals surface area contributed by atoms with E-state index in [0.29, 0.717) is 17.1 Å². The number of rotatable bonds is 3. The third kappa shape index (κ3) is 2.37. The summed E-state index contributed by atoms with van der Waals surface area (Å²) in [4.78, 5) is 23.0. The Balaban J connectivity index is 2.07. The first-order chi connectivity index (χ1) is 8.61. The van der Waals surface area contributed by atoms with Gasteiger partial charge in [-0.3, -0.25) is 4.79 Å². The smallest absolute Gasteiger partial charge is 0.328 e. The van der Waals surface area contributed by atoms with Crippen molar-refractivity contribution in [2.45, 2.75) is 13.0 Å². The quantitative estimate of drug-likeness (QED) is 0.801. The summed E-state index contributed by atoms with van der Waals surface area (Å²) >= 11 is 0. The van der Waals surface area contributed by atoms with Gasteiger partial charge in [0.15, 0.2) is 11.5 Å². The van der Waals surface area contributed by atoms with Gasteiger partial charge in [-0.25, -0.2) is 4.79 Å². The first-order valence-corrected chi connectivity index (χ1v) is 5.40. The largest absolute Gasteiger partial charge is 0.467 e. The average Bonchev–Trinajstić information content (AvgIpc) is 2.84. The van der Waals surface area contributed by atoms with E-state index in [1.54, 1.807) is 25.1 Å². The van der Waals surface area contributed by atoms with Crippen LogP contribution in [0.25, 0.3) is 0 Å². The Bertz CT molecular complexity index is 485. The van der Waals surface area contributed by atoms with Crippen LogP contribution in [0.3, 0.4) is 0 Å². The van der Waals surface area contributed by atoms with Crippen LogP contribution >= 0.6 is 0 Å². The maximum absolute atomic E-state index is 11.9. The zero-order valence-corrected chi connectivity index (χ0v) is 10.1. The van der Waals surface area contributed by atoms with Crippen LogP contribution in [0.2, 0.25) is 0 Å². The van der Waals surface area contributed by atoms with Gasteiger partial charge in [-0.1, -0.05) is 0 Å². The van der Waals surface area contributed by atoms with Crippen molar-refractivity contribution in [3.05, 3.63) is 23.8 Å². The van der Waals surface area contributed by atoms with E-state index in [9.17, 15) is 9.59 Å². The molecule has 1 amide bonds. The Kier molecular flexibility index (Phi) is 3.36. The predicted octanol–water partition coefficient (Wildman–Crippen LogP) is 0.707. The summed E-state index contributed by atoms with van der Waals surface area (Å²) < 4.78 is 14.8. The number of amides is 1. The van der Waals surface area contributed by atoms with Gasteiger partial charge in [0.1, 0.15) is 6.04 Å². The zero-order valence-electron chi connectivity index (χ0n) is 10.1. The Labute approximate surface area is 104 Å². The lowest BCUT2D eigenvalue weighted by Crippen LogP contribution is -2.39. The molecule has 0 unspecified atom stereocenters. The highest BCUT2D eigenvalue weighted by atomic mass is 16.7. The van der Waals surface area contributed by atoms with Crippen molar-refractivity contribution in [1.29, 1.82) is 0 Å². The number of nitrogens with one attached hydrogen (secondary N) is 1. The summed E-state index contributed by atoms with van der Waals surface area (Å²) in [6, 6.07) is 4.13. The lowest BCUT2D eigenvalue weighted by atomic mass is 10.2. The van der Waals surface area contributed by atoms with Gasteiger partial charge >= 0.3 is 5.97 Å². The number of hydrogen-bond donors (Lipinski definition) is 1. The number of carbonyl (C=O) groups excluding carboxylic acids is 2. The van der Waals surface area contributed by atoms with Gasteiger partial charge in [-0.05, 0) is 25.1 Å². The summed E-state index contributed by atoms with van der Waals surface area (Å²) in [5, 5.41) is 2.53. The molecule has 0 aromatic heterocycles. The van der Waals surface area contributed by atoms with Crippen molar-refractivity contribution in [3.63, 3.8) is 0 Å². The van der Waals surface area contributed by atoms with Gasteiger partial charge in [-0.2, -0.15) is 0 Å². The minimum atomic E-state index is -0.701. The number of ether oxygens (including phenoxy) is 3. The second kappa shape index (κ2) is 4.95. The first-order valence-electron chi connectivity index (χ1n) is 5.40. The fourth-order valence-electron chi connectivity index (χ4n) is 1.55. The topological polar surface area (TPSA) is 73.9 Å². The molecule has 96 valence electrons. The average molecular weight is 251 g/mol. The molecule has 6 heteroatoms. The molecule has 6 nitrogen and oxygen atoms in total. The van der Waals surface area contributed by atoms with Gasteiger partial charge in [-0.15, -0.1) is 0 Å². The molecule has 1 aromatic rings. The summed E-state index contributed by atoms with van der Waals surface area (Å²) in [5.41, 5.74) is 0.398. The summed E-state index contributed by atoms with van der Waals surface area (Å²) in [7, 11) is 1.27. The molecule has 0 spiro atoms. The second-order valence-corrected chi connectivity index (χ2v) is 3.79. The van der Waals surface area contributed by atoms with Crippen LogP contribution in [0.4, 0.5) is 0 Å². The first kappa shape index (κ1) is 12.2. The molecule has 0 saturated carbocycles. The molecule has 0 bridgehead atoms. The molecule has 0 radical (unpaired) electrons. The Morgan fingerprint density at radius 3 is 2.78 bits per heavy atom. The number of fused-ring (bicyclic) bond motifs is 1. The zero-order chi connectivity index (χ0) is 13.1. The monoisotopic (exact) mass is 251 g/mol. The van der Waals surface area contributed by atoms with E-state index in [-0.39, 0.29) is 12.7 Å². The fourth-order valence-corrected chi connectivity index (χ4v) is 1.55. The van der Waals surface area contributed by atoms with E-state index in [4.69, 9.17) is 9.47 Å². The van der Waals surface area contributed by atoms with E-state index in [2.05, 4.69) is 10.1 Å². The van der Waals surface area contributed by atoms with Gasteiger partial charge in [0.05, 0.1) is 7.11 Å². The summed E-state index contributed by atoms with van der Waals surface area (Å²) in [6.07, 6.45) is 0. The summed E-state index contributed by atoms with van der Waals surface area (Å²) in [5.74, 6) is 0.260. The minimum Gasteiger partial charge on any atom is -0.467 e. The maximum atomic E-state index is 11.9. The number of methoxy groups -OCH3 is 1. The molecule has 0 aliphatic carbocycles. The van der Waals surface area contributed by atoms with Crippen molar-refractivity contribution in [2.75, 3.05) is 13.9 Å². The van der Waals surface area contributed by atoms with Crippen LogP contribution in [0.15, 0.2) is 18.2 Å². The van der Waals surface area contributed by atoms with Crippen LogP contribution in [0.1, 0.15) is 17.3 Å². The molecule has 2 rings (SSSR count). The number of hydrogen-bond acceptors (Lipinski definition) is 5. The second-order valence-electron chi connectivity index (χ2n) is 3.79. The predicted molar refractivity (Wildman–Crippen MR) is 61.5 cm³/mol. The normalized spacial score (nSPS) is 13.9. The fraction of sp³-hybridized carbons (Fsp3) is 0.333. The van der Waals surface area contributed by atoms with Crippen LogP contribution < -0.4 is 14.8 Å². The molecule has 1 heterocycles. The number of esters is 1. The standard InChI is InChI=1S/C12H13NO5/c1-7(12(15)16-2)13-11(14)8-3-4-9-10(5-8)18-6-17-9/h3-5,7H,6H2,1-2H3,(H,13,14)/t7-/m0/s1. The molecule has 1 aliphatic rings. The summed E-state index contributed by atoms with van der Waals surface area (Å²) in [6.45, 7) is 1.70. The molecule has 0 fully saturated rings. The van der Waals surface area contributed by atoms with E-state index in [1.165, 1.54) is 7.11 Å². The highest BCUT2D eigenvalue weighted by molar-refractivity contribution is 5.97. The van der Waals surface area contributed by atoms with E-state index in [0.717, 1.165) is 0 Å². The minimum absolute atomic E-state index is 0.152. The molecule has 18 heavy (non-hydrogen) atoms. The lowest BCUT2D eigenvalue weighted by Gasteiger charge is -2.11. The highest BCUT2D eigenvalue weighted by Crippen LogP contribution is 2.32. The molecule has 1 aromatic carbocycles. The van der Waals surface area contributed by atoms with Gasteiger partial charge in [0.2, 0.25) is 6.79 Å². The molecule has 1 N–H and O–H groups in total. The Hall–Kier alpha value is -2.24. The SMILES string of the molecule is COC(=O)[C@H](C)NC(=O)c1ccc2c(c1)OCO2. The Morgan fingerprint density at radius 1 is 1.33 bits per heavy atom. The van der Waals surface area contributed by atoms with Crippen LogP contribution in [0, 0.1) is 0 Å². The molecule has 1 aliphatic heterocycles. The van der Waals surface area contributed by atoms with Gasteiger partial charge in [0, 0.05) is 5.56 Å². The van der Waals surface area contributed by atoms with E-state index >= 15 is 0 Å². The molecular formula is C12H13NO5. The van der Waals surface area contributed by atoms with Crippen LogP contribution in [0.5, 0.6) is 11.5 Å². The third-order valence-corrected chi connectivity index (χ3v) is 2.54. The molecular weight excluding hydrogens is 238 g/mol. The van der Waals surface area contributed by atoms with Crippen molar-refractivity contribution >= 4 is 11.9 Å². The molecule has 0 saturated heterocycles. The van der Waals surface area contributed by atoms with Crippen molar-refractivity contribution in [3.8, 4) is 11.5 Å². The lowest BCUT2D eigenvalue weighted by molar-refractivity contribution is -0.142. The van der Waals surface area contributed by atoms with Gasteiger partial charge < -0.3 is 19.5 Å². The number of carbonyl (C=O) groups is 2. The number of benzene rings is 1. The van der Waals surface area contributed by atoms with Crippen LogP contribution in [-0.4, -0.2) is 31.8 Å². The van der Waals surface area contributed by atoms with Crippen molar-refractivity contribution in [1.82, 2.24) is 5.32 Å². The van der Waals surface area contributed by atoms with Crippen LogP contribution in [-0.2, 0) is 9.53 Å². The van der Waals surface area contributed by atoms with Crippen molar-refractivity contribution in [2.24, 2.45) is 0 Å².